The maximum atomic E-state index is 5.37. The molecule has 3 rings (SSSR count). The number of piperazine rings is 1. The first kappa shape index (κ1) is 14.7. The van der Waals surface area contributed by atoms with E-state index in [1.165, 1.54) is 5.56 Å². The minimum absolute atomic E-state index is 0.587. The molecule has 1 aliphatic rings. The van der Waals surface area contributed by atoms with Gasteiger partial charge >= 0.3 is 0 Å². The summed E-state index contributed by atoms with van der Waals surface area (Å²) in [5, 5.41) is 10.5. The molecule has 2 aromatic rings. The monoisotopic (exact) mass is 299 g/mol. The second-order valence-corrected chi connectivity index (χ2v) is 5.49. The van der Waals surface area contributed by atoms with Gasteiger partial charge in [0, 0.05) is 38.0 Å². The van der Waals surface area contributed by atoms with Gasteiger partial charge in [-0.3, -0.25) is 9.91 Å². The van der Waals surface area contributed by atoms with Gasteiger partial charge in [0.25, 0.3) is 5.89 Å². The topological polar surface area (TPSA) is 57.8 Å². The molecule has 0 unspecified atom stereocenters. The van der Waals surface area contributed by atoms with Gasteiger partial charge in [0.2, 0.25) is 0 Å². The molecule has 6 heteroatoms. The van der Waals surface area contributed by atoms with Crippen molar-refractivity contribution in [3.05, 3.63) is 35.7 Å². The number of benzene rings is 1. The molecular weight excluding hydrogens is 278 g/mol. The number of hydrogen-bond acceptors (Lipinski definition) is 6. The van der Waals surface area contributed by atoms with Crippen LogP contribution in [0.15, 0.2) is 33.9 Å². The second kappa shape index (κ2) is 6.70. The highest BCUT2D eigenvalue weighted by Crippen LogP contribution is 2.18. The number of rotatable bonds is 4. The minimum Gasteiger partial charge on any atom is -0.334 e. The quantitative estimate of drug-likeness (QED) is 0.810. The fourth-order valence-corrected chi connectivity index (χ4v) is 2.51. The summed E-state index contributed by atoms with van der Waals surface area (Å²) in [4.78, 5) is 6.82. The maximum absolute atomic E-state index is 5.37. The highest BCUT2D eigenvalue weighted by atomic mass is 16.5. The normalized spacial score (nSPS) is 16.5. The summed E-state index contributed by atoms with van der Waals surface area (Å²) >= 11 is 0. The van der Waals surface area contributed by atoms with Crippen LogP contribution in [0.25, 0.3) is 11.5 Å². The van der Waals surface area contributed by atoms with Crippen LogP contribution in [0.2, 0.25) is 0 Å². The first-order valence-electron chi connectivity index (χ1n) is 7.60. The number of nitrogens with zero attached hydrogens (tertiary/aromatic N) is 5. The van der Waals surface area contributed by atoms with E-state index in [4.69, 9.17) is 4.52 Å². The molecule has 6 nitrogen and oxygen atoms in total. The van der Waals surface area contributed by atoms with Gasteiger partial charge in [-0.05, 0) is 26.0 Å². The van der Waals surface area contributed by atoms with Crippen LogP contribution in [0.3, 0.4) is 0 Å². The third-order valence-corrected chi connectivity index (χ3v) is 3.76. The molecule has 1 aromatic carbocycles. The van der Waals surface area contributed by atoms with Crippen molar-refractivity contribution in [2.45, 2.75) is 20.4 Å². The van der Waals surface area contributed by atoms with Gasteiger partial charge in [-0.1, -0.05) is 22.9 Å². The number of aromatic nitrogens is 2. The molecule has 0 saturated carbocycles. The predicted octanol–water partition coefficient (Wildman–Crippen LogP) is 2.17. The fourth-order valence-electron chi connectivity index (χ4n) is 2.51. The molecule has 0 radical (unpaired) electrons. The average molecular weight is 299 g/mol. The molecule has 0 spiro atoms. The smallest absolute Gasteiger partial charge is 0.257 e. The van der Waals surface area contributed by atoms with Crippen molar-refractivity contribution < 1.29 is 4.52 Å². The predicted molar refractivity (Wildman–Crippen MR) is 85.5 cm³/mol. The van der Waals surface area contributed by atoms with E-state index in [0.29, 0.717) is 5.89 Å². The van der Waals surface area contributed by atoms with Gasteiger partial charge in [-0.2, -0.15) is 10.1 Å². The lowest BCUT2D eigenvalue weighted by Crippen LogP contribution is -2.43. The summed E-state index contributed by atoms with van der Waals surface area (Å²) in [5.74, 6) is 1.33. The molecular formula is C16H21N5O. The summed E-state index contributed by atoms with van der Waals surface area (Å²) in [6.07, 6.45) is 1.84. The molecule has 1 aliphatic heterocycles. The van der Waals surface area contributed by atoms with Crippen LogP contribution in [0.1, 0.15) is 18.3 Å². The van der Waals surface area contributed by atoms with Gasteiger partial charge in [-0.15, -0.1) is 0 Å². The Bertz CT molecular complexity index is 626. The van der Waals surface area contributed by atoms with Gasteiger partial charge in [0.15, 0.2) is 5.82 Å². The van der Waals surface area contributed by atoms with Crippen molar-refractivity contribution in [2.24, 2.45) is 5.10 Å². The second-order valence-electron chi connectivity index (χ2n) is 5.49. The molecule has 1 fully saturated rings. The Kier molecular flexibility index (Phi) is 4.48. The maximum Gasteiger partial charge on any atom is 0.257 e. The highest BCUT2D eigenvalue weighted by Gasteiger charge is 2.18. The van der Waals surface area contributed by atoms with E-state index < -0.39 is 0 Å². The average Bonchev–Trinajstić information content (AvgIpc) is 2.99. The Balaban J connectivity index is 1.59. The Morgan fingerprint density at radius 1 is 1.18 bits per heavy atom. The van der Waals surface area contributed by atoms with Crippen LogP contribution in [0, 0.1) is 6.92 Å². The van der Waals surface area contributed by atoms with Crippen LogP contribution >= 0.6 is 0 Å². The lowest BCUT2D eigenvalue weighted by atomic mass is 10.1. The Hall–Kier alpha value is -2.21. The summed E-state index contributed by atoms with van der Waals surface area (Å²) in [6.45, 7) is 8.53. The number of hydrazone groups is 1. The van der Waals surface area contributed by atoms with Gasteiger partial charge in [0.05, 0.1) is 6.54 Å². The van der Waals surface area contributed by atoms with Crippen molar-refractivity contribution in [1.29, 1.82) is 0 Å². The molecule has 2 heterocycles. The molecule has 22 heavy (non-hydrogen) atoms. The standard InChI is InChI=1S/C16H21N5O/c1-3-17-21-10-8-20(9-11-21)12-15-18-16(22-19-15)14-6-4-13(2)5-7-14/h3-7H,8-12H2,1-2H3/b17-3+. The van der Waals surface area contributed by atoms with Gasteiger partial charge in [0.1, 0.15) is 0 Å². The summed E-state index contributed by atoms with van der Waals surface area (Å²) in [6, 6.07) is 8.11. The first-order valence-corrected chi connectivity index (χ1v) is 7.60. The van der Waals surface area contributed by atoms with Crippen LogP contribution < -0.4 is 0 Å². The van der Waals surface area contributed by atoms with Crippen molar-refractivity contribution in [1.82, 2.24) is 20.0 Å². The lowest BCUT2D eigenvalue weighted by Gasteiger charge is -2.32. The van der Waals surface area contributed by atoms with Crippen molar-refractivity contribution >= 4 is 6.21 Å². The van der Waals surface area contributed by atoms with Crippen LogP contribution in [-0.4, -0.2) is 52.4 Å². The Morgan fingerprint density at radius 3 is 2.59 bits per heavy atom. The zero-order valence-corrected chi connectivity index (χ0v) is 13.1. The largest absolute Gasteiger partial charge is 0.334 e. The number of aryl methyl sites for hydroxylation is 1. The first-order chi connectivity index (χ1) is 10.7. The van der Waals surface area contributed by atoms with Crippen LogP contribution in [0.5, 0.6) is 0 Å². The minimum atomic E-state index is 0.587. The van der Waals surface area contributed by atoms with Crippen LogP contribution in [-0.2, 0) is 6.54 Å². The van der Waals surface area contributed by atoms with E-state index in [1.54, 1.807) is 0 Å². The Morgan fingerprint density at radius 2 is 1.91 bits per heavy atom. The Labute approximate surface area is 130 Å². The van der Waals surface area contributed by atoms with Crippen molar-refractivity contribution in [2.75, 3.05) is 26.2 Å². The highest BCUT2D eigenvalue weighted by molar-refractivity contribution is 5.53. The summed E-state index contributed by atoms with van der Waals surface area (Å²) in [7, 11) is 0. The van der Waals surface area contributed by atoms with Gasteiger partial charge < -0.3 is 4.52 Å². The van der Waals surface area contributed by atoms with E-state index in [1.807, 2.05) is 37.4 Å². The fraction of sp³-hybridized carbons (Fsp3) is 0.438. The lowest BCUT2D eigenvalue weighted by molar-refractivity contribution is 0.128. The summed E-state index contributed by atoms with van der Waals surface area (Å²) < 4.78 is 5.37. The number of hydrogen-bond donors (Lipinski definition) is 0. The zero-order valence-electron chi connectivity index (χ0n) is 13.1. The third-order valence-electron chi connectivity index (χ3n) is 3.76. The van der Waals surface area contributed by atoms with Crippen LogP contribution in [0.4, 0.5) is 0 Å². The molecule has 0 atom stereocenters. The molecule has 0 aliphatic carbocycles. The molecule has 1 aromatic heterocycles. The zero-order chi connectivity index (χ0) is 15.4. The van der Waals surface area contributed by atoms with Crippen molar-refractivity contribution in [3.63, 3.8) is 0 Å². The molecule has 116 valence electrons. The van der Waals surface area contributed by atoms with Gasteiger partial charge in [-0.25, -0.2) is 0 Å². The van der Waals surface area contributed by atoms with E-state index in [0.717, 1.165) is 44.1 Å². The van der Waals surface area contributed by atoms with Crippen molar-refractivity contribution in [3.8, 4) is 11.5 Å². The molecule has 0 bridgehead atoms. The molecule has 1 saturated heterocycles. The molecule has 0 N–H and O–H groups in total. The van der Waals surface area contributed by atoms with E-state index in [-0.39, 0.29) is 0 Å². The summed E-state index contributed by atoms with van der Waals surface area (Å²) in [5.41, 5.74) is 2.18. The third kappa shape index (κ3) is 3.51. The van der Waals surface area contributed by atoms with E-state index in [2.05, 4.69) is 32.1 Å². The molecule has 0 amide bonds. The van der Waals surface area contributed by atoms with E-state index in [9.17, 15) is 0 Å². The SMILES string of the molecule is C/C=N/N1CCN(Cc2noc(-c3ccc(C)cc3)n2)CC1. The van der Waals surface area contributed by atoms with E-state index >= 15 is 0 Å².